The summed E-state index contributed by atoms with van der Waals surface area (Å²) in [5.41, 5.74) is 2.35. The van der Waals surface area contributed by atoms with E-state index in [0.29, 0.717) is 18.7 Å². The minimum atomic E-state index is -3.84. The highest BCUT2D eigenvalue weighted by Gasteiger charge is 2.28. The predicted octanol–water partition coefficient (Wildman–Crippen LogP) is 2.79. The van der Waals surface area contributed by atoms with Crippen molar-refractivity contribution in [2.75, 3.05) is 19.7 Å². The standard InChI is InChI=1S/C22H28N2O4S/c1-17-10-11-18(2)21(13-17)29(26,27)24(15-19-7-4-3-5-8-19)16-22(25)23-14-20-9-6-12-28-20/h3-5,7-8,10-11,13,20H,6,9,12,14-16H2,1-2H3,(H,23,25). The van der Waals surface area contributed by atoms with Gasteiger partial charge in [-0.3, -0.25) is 4.79 Å². The first-order valence-electron chi connectivity index (χ1n) is 9.86. The third kappa shape index (κ3) is 5.65. The van der Waals surface area contributed by atoms with Crippen LogP contribution in [-0.4, -0.2) is 44.4 Å². The minimum absolute atomic E-state index is 0.0112. The van der Waals surface area contributed by atoms with Gasteiger partial charge in [0.2, 0.25) is 15.9 Å². The Bertz CT molecular complexity index is 939. The first kappa shape index (κ1) is 21.5. The Morgan fingerprint density at radius 1 is 1.17 bits per heavy atom. The molecule has 156 valence electrons. The van der Waals surface area contributed by atoms with Crippen molar-refractivity contribution in [2.45, 2.75) is 44.2 Å². The van der Waals surface area contributed by atoms with Crippen LogP contribution in [0.1, 0.15) is 29.5 Å². The normalized spacial score (nSPS) is 16.9. The summed E-state index contributed by atoms with van der Waals surface area (Å²) in [5, 5.41) is 2.82. The predicted molar refractivity (Wildman–Crippen MR) is 112 cm³/mol. The maximum Gasteiger partial charge on any atom is 0.244 e. The van der Waals surface area contributed by atoms with Crippen LogP contribution in [0.15, 0.2) is 53.4 Å². The summed E-state index contributed by atoms with van der Waals surface area (Å²) in [7, 11) is -3.84. The third-order valence-corrected chi connectivity index (χ3v) is 6.97. The number of carbonyl (C=O) groups excluding carboxylic acids is 1. The molecular formula is C22H28N2O4S. The average Bonchev–Trinajstić information content (AvgIpc) is 3.22. The van der Waals surface area contributed by atoms with Crippen LogP contribution < -0.4 is 5.32 Å². The van der Waals surface area contributed by atoms with Gasteiger partial charge in [-0.05, 0) is 49.4 Å². The second-order valence-corrected chi connectivity index (χ2v) is 9.37. The number of hydrogen-bond donors (Lipinski definition) is 1. The van der Waals surface area contributed by atoms with Crippen molar-refractivity contribution in [3.8, 4) is 0 Å². The van der Waals surface area contributed by atoms with E-state index >= 15 is 0 Å². The molecule has 0 spiro atoms. The number of nitrogens with zero attached hydrogens (tertiary/aromatic N) is 1. The smallest absolute Gasteiger partial charge is 0.244 e. The number of carbonyl (C=O) groups is 1. The van der Waals surface area contributed by atoms with Gasteiger partial charge in [0, 0.05) is 19.7 Å². The van der Waals surface area contributed by atoms with Crippen LogP contribution in [0.3, 0.4) is 0 Å². The van der Waals surface area contributed by atoms with Gasteiger partial charge < -0.3 is 10.1 Å². The zero-order valence-corrected chi connectivity index (χ0v) is 17.7. The first-order chi connectivity index (χ1) is 13.9. The Morgan fingerprint density at radius 3 is 2.62 bits per heavy atom. The van der Waals surface area contributed by atoms with Gasteiger partial charge in [0.15, 0.2) is 0 Å². The molecule has 0 radical (unpaired) electrons. The van der Waals surface area contributed by atoms with Crippen LogP contribution in [0, 0.1) is 13.8 Å². The summed E-state index contributed by atoms with van der Waals surface area (Å²) < 4.78 is 33.6. The molecule has 7 heteroatoms. The van der Waals surface area contributed by atoms with Crippen LogP contribution in [-0.2, 0) is 26.1 Å². The second-order valence-electron chi connectivity index (χ2n) is 7.47. The Morgan fingerprint density at radius 2 is 1.93 bits per heavy atom. The van der Waals surface area contributed by atoms with Crippen LogP contribution >= 0.6 is 0 Å². The molecule has 3 rings (SSSR count). The molecule has 0 aromatic heterocycles. The summed E-state index contributed by atoms with van der Waals surface area (Å²) >= 11 is 0. The molecule has 1 aliphatic heterocycles. The number of aryl methyl sites for hydroxylation is 2. The van der Waals surface area contributed by atoms with Crippen molar-refractivity contribution >= 4 is 15.9 Å². The van der Waals surface area contributed by atoms with Crippen molar-refractivity contribution in [3.63, 3.8) is 0 Å². The molecule has 2 aromatic carbocycles. The maximum absolute atomic E-state index is 13.4. The molecule has 0 aliphatic carbocycles. The molecule has 29 heavy (non-hydrogen) atoms. The van der Waals surface area contributed by atoms with Crippen molar-refractivity contribution in [3.05, 3.63) is 65.2 Å². The fourth-order valence-corrected chi connectivity index (χ4v) is 5.08. The van der Waals surface area contributed by atoms with E-state index in [1.165, 1.54) is 4.31 Å². The molecule has 0 bridgehead atoms. The molecule has 1 aliphatic rings. The van der Waals surface area contributed by atoms with Gasteiger partial charge in [-0.2, -0.15) is 4.31 Å². The molecule has 1 saturated heterocycles. The lowest BCUT2D eigenvalue weighted by Gasteiger charge is -2.23. The number of hydrogen-bond acceptors (Lipinski definition) is 4. The van der Waals surface area contributed by atoms with Crippen molar-refractivity contribution in [1.29, 1.82) is 0 Å². The van der Waals surface area contributed by atoms with Gasteiger partial charge in [0.25, 0.3) is 0 Å². The van der Waals surface area contributed by atoms with Gasteiger partial charge >= 0.3 is 0 Å². The fourth-order valence-electron chi connectivity index (χ4n) is 3.39. The highest BCUT2D eigenvalue weighted by molar-refractivity contribution is 7.89. The number of rotatable bonds is 8. The lowest BCUT2D eigenvalue weighted by atomic mass is 10.2. The largest absolute Gasteiger partial charge is 0.376 e. The fraction of sp³-hybridized carbons (Fsp3) is 0.409. The Labute approximate surface area is 172 Å². The van der Waals surface area contributed by atoms with Gasteiger partial charge in [-0.1, -0.05) is 42.5 Å². The number of nitrogens with one attached hydrogen (secondary N) is 1. The van der Waals surface area contributed by atoms with Crippen LogP contribution in [0.5, 0.6) is 0 Å². The quantitative estimate of drug-likeness (QED) is 0.718. The first-order valence-corrected chi connectivity index (χ1v) is 11.3. The molecule has 1 heterocycles. The third-order valence-electron chi connectivity index (χ3n) is 5.03. The van der Waals surface area contributed by atoms with Gasteiger partial charge in [-0.15, -0.1) is 0 Å². The summed E-state index contributed by atoms with van der Waals surface area (Å²) in [4.78, 5) is 12.8. The zero-order chi connectivity index (χ0) is 20.9. The van der Waals surface area contributed by atoms with E-state index in [1.54, 1.807) is 19.1 Å². The van der Waals surface area contributed by atoms with E-state index in [9.17, 15) is 13.2 Å². The molecule has 1 fully saturated rings. The SMILES string of the molecule is Cc1ccc(C)c(S(=O)(=O)N(CC(=O)NCC2CCCO2)Cc2ccccc2)c1. The van der Waals surface area contributed by atoms with Crippen LogP contribution in [0.2, 0.25) is 0 Å². The monoisotopic (exact) mass is 416 g/mol. The van der Waals surface area contributed by atoms with Crippen molar-refractivity contribution < 1.29 is 17.9 Å². The van der Waals surface area contributed by atoms with Crippen molar-refractivity contribution in [2.24, 2.45) is 0 Å². The molecule has 1 atom stereocenters. The highest BCUT2D eigenvalue weighted by atomic mass is 32.2. The van der Waals surface area contributed by atoms with E-state index in [-0.39, 0.29) is 30.0 Å². The highest BCUT2D eigenvalue weighted by Crippen LogP contribution is 2.23. The molecule has 0 saturated carbocycles. The Kier molecular flexibility index (Phi) is 7.05. The number of sulfonamides is 1. The second kappa shape index (κ2) is 9.52. The lowest BCUT2D eigenvalue weighted by molar-refractivity contribution is -0.121. The molecule has 1 N–H and O–H groups in total. The van der Waals surface area contributed by atoms with Gasteiger partial charge in [0.05, 0.1) is 17.5 Å². The van der Waals surface area contributed by atoms with E-state index in [1.807, 2.05) is 43.3 Å². The van der Waals surface area contributed by atoms with Crippen LogP contribution in [0.4, 0.5) is 0 Å². The van der Waals surface area contributed by atoms with Crippen molar-refractivity contribution in [1.82, 2.24) is 9.62 Å². The minimum Gasteiger partial charge on any atom is -0.376 e. The van der Waals surface area contributed by atoms with Gasteiger partial charge in [-0.25, -0.2) is 8.42 Å². The van der Waals surface area contributed by atoms with E-state index in [0.717, 1.165) is 24.0 Å². The number of ether oxygens (including phenoxy) is 1. The van der Waals surface area contributed by atoms with E-state index < -0.39 is 10.0 Å². The maximum atomic E-state index is 13.4. The summed E-state index contributed by atoms with van der Waals surface area (Å²) in [6.45, 7) is 4.63. The summed E-state index contributed by atoms with van der Waals surface area (Å²) in [5.74, 6) is -0.328. The van der Waals surface area contributed by atoms with E-state index in [2.05, 4.69) is 5.32 Å². The Balaban J connectivity index is 1.81. The average molecular weight is 417 g/mol. The topological polar surface area (TPSA) is 75.7 Å². The summed E-state index contributed by atoms with van der Waals surface area (Å²) in [6.07, 6.45) is 1.91. The summed E-state index contributed by atoms with van der Waals surface area (Å²) in [6, 6.07) is 14.6. The number of amides is 1. The van der Waals surface area contributed by atoms with E-state index in [4.69, 9.17) is 4.74 Å². The molecule has 1 amide bonds. The Hall–Kier alpha value is -2.22. The molecular weight excluding hydrogens is 388 g/mol. The van der Waals surface area contributed by atoms with Crippen LogP contribution in [0.25, 0.3) is 0 Å². The molecule has 6 nitrogen and oxygen atoms in total. The lowest BCUT2D eigenvalue weighted by Crippen LogP contribution is -2.42. The number of benzene rings is 2. The molecule has 1 unspecified atom stereocenters. The van der Waals surface area contributed by atoms with Gasteiger partial charge in [0.1, 0.15) is 0 Å². The molecule has 2 aromatic rings. The zero-order valence-electron chi connectivity index (χ0n) is 16.9.